The van der Waals surface area contributed by atoms with Gasteiger partial charge in [-0.25, -0.2) is 5.14 Å². The molecule has 0 saturated heterocycles. The number of hydrogen-bond acceptors (Lipinski definition) is 3. The minimum absolute atomic E-state index is 0.308. The van der Waals surface area contributed by atoms with Crippen LogP contribution in [0.1, 0.15) is 0 Å². The second-order valence-corrected chi connectivity index (χ2v) is 4.84. The van der Waals surface area contributed by atoms with E-state index >= 15 is 0 Å². The molecule has 0 aliphatic heterocycles. The number of nitrogens with one attached hydrogen (secondary N) is 1. The number of benzene rings is 1. The van der Waals surface area contributed by atoms with Gasteiger partial charge in [-0.3, -0.25) is 9.71 Å². The summed E-state index contributed by atoms with van der Waals surface area (Å²) < 4.78 is 24.1. The molecule has 0 bridgehead atoms. The van der Waals surface area contributed by atoms with Gasteiger partial charge < -0.3 is 0 Å². The van der Waals surface area contributed by atoms with E-state index in [4.69, 9.17) is 16.7 Å². The summed E-state index contributed by atoms with van der Waals surface area (Å²) in [6, 6.07) is 6.56. The Morgan fingerprint density at radius 3 is 2.75 bits per heavy atom. The van der Waals surface area contributed by atoms with Crippen LogP contribution in [0.5, 0.6) is 0 Å². The molecule has 0 unspecified atom stereocenters. The summed E-state index contributed by atoms with van der Waals surface area (Å²) in [6.45, 7) is 0. The third-order valence-corrected chi connectivity index (χ3v) is 2.80. The molecular formula is C9H8ClN3O2S. The van der Waals surface area contributed by atoms with Gasteiger partial charge in [0.25, 0.3) is 10.2 Å². The van der Waals surface area contributed by atoms with Crippen LogP contribution in [-0.2, 0) is 10.2 Å². The molecule has 2 aromatic rings. The number of rotatable bonds is 2. The van der Waals surface area contributed by atoms with Crippen molar-refractivity contribution >= 4 is 38.4 Å². The molecular weight excluding hydrogens is 250 g/mol. The van der Waals surface area contributed by atoms with E-state index in [2.05, 4.69) is 9.71 Å². The largest absolute Gasteiger partial charge is 0.296 e. The SMILES string of the molecule is NS(=O)(=O)Nc1ccc(Cl)c2cccnc12. The van der Waals surface area contributed by atoms with Crippen LogP contribution in [0.4, 0.5) is 5.69 Å². The topological polar surface area (TPSA) is 85.1 Å². The van der Waals surface area contributed by atoms with E-state index in [0.29, 0.717) is 21.6 Å². The summed E-state index contributed by atoms with van der Waals surface area (Å²) in [4.78, 5) is 4.06. The quantitative estimate of drug-likeness (QED) is 0.855. The number of anilines is 1. The summed E-state index contributed by atoms with van der Waals surface area (Å²) in [7, 11) is -3.81. The Morgan fingerprint density at radius 1 is 1.31 bits per heavy atom. The molecule has 5 nitrogen and oxygen atoms in total. The van der Waals surface area contributed by atoms with Crippen LogP contribution < -0.4 is 9.86 Å². The highest BCUT2D eigenvalue weighted by molar-refractivity contribution is 7.90. The first-order valence-electron chi connectivity index (χ1n) is 4.31. The lowest BCUT2D eigenvalue weighted by molar-refractivity contribution is 0.603. The lowest BCUT2D eigenvalue weighted by Gasteiger charge is -2.07. The van der Waals surface area contributed by atoms with E-state index < -0.39 is 10.2 Å². The molecule has 84 valence electrons. The molecule has 3 N–H and O–H groups in total. The molecule has 0 atom stereocenters. The van der Waals surface area contributed by atoms with Gasteiger partial charge in [-0.05, 0) is 24.3 Å². The van der Waals surface area contributed by atoms with Crippen molar-refractivity contribution in [2.75, 3.05) is 4.72 Å². The molecule has 1 aromatic heterocycles. The maximum Gasteiger partial charge on any atom is 0.296 e. The van der Waals surface area contributed by atoms with Gasteiger partial charge in [0.2, 0.25) is 0 Å². The standard InChI is InChI=1S/C9H8ClN3O2S/c10-7-3-4-8(13-16(11,14)15)9-6(7)2-1-5-12-9/h1-5,13H,(H2,11,14,15). The highest BCUT2D eigenvalue weighted by atomic mass is 35.5. The number of fused-ring (bicyclic) bond motifs is 1. The molecule has 0 fully saturated rings. The van der Waals surface area contributed by atoms with Crippen molar-refractivity contribution in [1.82, 2.24) is 4.98 Å². The molecule has 0 spiro atoms. The zero-order valence-electron chi connectivity index (χ0n) is 8.01. The van der Waals surface area contributed by atoms with Crippen molar-refractivity contribution in [2.24, 2.45) is 5.14 Å². The maximum absolute atomic E-state index is 10.9. The predicted octanol–water partition coefficient (Wildman–Crippen LogP) is 1.50. The van der Waals surface area contributed by atoms with Crippen molar-refractivity contribution in [2.45, 2.75) is 0 Å². The Balaban J connectivity index is 2.68. The van der Waals surface area contributed by atoms with Gasteiger partial charge in [0.1, 0.15) is 0 Å². The number of nitrogens with two attached hydrogens (primary N) is 1. The first-order chi connectivity index (χ1) is 7.47. The van der Waals surface area contributed by atoms with Crippen LogP contribution >= 0.6 is 11.6 Å². The van der Waals surface area contributed by atoms with E-state index in [-0.39, 0.29) is 0 Å². The fourth-order valence-corrected chi connectivity index (χ4v) is 2.06. The maximum atomic E-state index is 10.9. The van der Waals surface area contributed by atoms with Crippen LogP contribution in [0.15, 0.2) is 30.5 Å². The second-order valence-electron chi connectivity index (χ2n) is 3.14. The van der Waals surface area contributed by atoms with Crippen LogP contribution in [0.2, 0.25) is 5.02 Å². The Kier molecular flexibility index (Phi) is 2.71. The van der Waals surface area contributed by atoms with Gasteiger partial charge in [-0.1, -0.05) is 11.6 Å². The fourth-order valence-electron chi connectivity index (χ4n) is 1.37. The van der Waals surface area contributed by atoms with Crippen molar-refractivity contribution in [3.8, 4) is 0 Å². The number of nitrogens with zero attached hydrogens (tertiary/aromatic N) is 1. The second kappa shape index (κ2) is 3.89. The lowest BCUT2D eigenvalue weighted by atomic mass is 10.2. The predicted molar refractivity (Wildman–Crippen MR) is 63.5 cm³/mol. The van der Waals surface area contributed by atoms with E-state index in [1.165, 1.54) is 6.07 Å². The highest BCUT2D eigenvalue weighted by Crippen LogP contribution is 2.28. The van der Waals surface area contributed by atoms with Gasteiger partial charge in [0, 0.05) is 11.6 Å². The van der Waals surface area contributed by atoms with Crippen molar-refractivity contribution < 1.29 is 8.42 Å². The third-order valence-electron chi connectivity index (χ3n) is 1.97. The Labute approximate surface area is 97.4 Å². The van der Waals surface area contributed by atoms with Gasteiger partial charge in [-0.15, -0.1) is 0 Å². The van der Waals surface area contributed by atoms with Crippen molar-refractivity contribution in [1.29, 1.82) is 0 Å². The lowest BCUT2D eigenvalue weighted by Crippen LogP contribution is -2.21. The average molecular weight is 258 g/mol. The molecule has 16 heavy (non-hydrogen) atoms. The summed E-state index contributed by atoms with van der Waals surface area (Å²) in [5.74, 6) is 0. The summed E-state index contributed by atoms with van der Waals surface area (Å²) >= 11 is 5.95. The monoisotopic (exact) mass is 257 g/mol. The number of pyridine rings is 1. The minimum Gasteiger partial charge on any atom is -0.269 e. The first-order valence-corrected chi connectivity index (χ1v) is 6.23. The normalized spacial score (nSPS) is 11.6. The van der Waals surface area contributed by atoms with E-state index in [1.807, 2.05) is 0 Å². The highest BCUT2D eigenvalue weighted by Gasteiger charge is 2.09. The molecule has 0 amide bonds. The van der Waals surface area contributed by atoms with Crippen LogP contribution in [0.25, 0.3) is 10.9 Å². The van der Waals surface area contributed by atoms with Gasteiger partial charge in [0.05, 0.1) is 16.2 Å². The Morgan fingerprint density at radius 2 is 2.06 bits per heavy atom. The molecule has 0 aliphatic rings. The zero-order valence-corrected chi connectivity index (χ0v) is 9.59. The third kappa shape index (κ3) is 2.24. The van der Waals surface area contributed by atoms with E-state index in [1.54, 1.807) is 24.4 Å². The van der Waals surface area contributed by atoms with Crippen LogP contribution in [-0.4, -0.2) is 13.4 Å². The summed E-state index contributed by atoms with van der Waals surface area (Å²) in [5.41, 5.74) is 0.770. The molecule has 0 aliphatic carbocycles. The van der Waals surface area contributed by atoms with E-state index in [9.17, 15) is 8.42 Å². The van der Waals surface area contributed by atoms with Crippen molar-refractivity contribution in [3.05, 3.63) is 35.5 Å². The average Bonchev–Trinajstić information content (AvgIpc) is 2.21. The Hall–Kier alpha value is -1.37. The molecule has 0 saturated carbocycles. The van der Waals surface area contributed by atoms with Crippen molar-refractivity contribution in [3.63, 3.8) is 0 Å². The number of halogens is 1. The zero-order chi connectivity index (χ0) is 11.8. The first kappa shape index (κ1) is 11.1. The minimum atomic E-state index is -3.81. The Bertz CT molecular complexity index is 642. The van der Waals surface area contributed by atoms with Crippen LogP contribution in [0.3, 0.4) is 0 Å². The van der Waals surface area contributed by atoms with Gasteiger partial charge in [0.15, 0.2) is 0 Å². The van der Waals surface area contributed by atoms with E-state index in [0.717, 1.165) is 0 Å². The molecule has 1 aromatic carbocycles. The molecule has 0 radical (unpaired) electrons. The summed E-state index contributed by atoms with van der Waals surface area (Å²) in [6.07, 6.45) is 1.55. The molecule has 2 rings (SSSR count). The van der Waals surface area contributed by atoms with Gasteiger partial charge >= 0.3 is 0 Å². The molecule has 1 heterocycles. The van der Waals surface area contributed by atoms with Crippen LogP contribution in [0, 0.1) is 0 Å². The molecule has 7 heteroatoms. The number of hydrogen-bond donors (Lipinski definition) is 2. The van der Waals surface area contributed by atoms with Gasteiger partial charge in [-0.2, -0.15) is 8.42 Å². The smallest absolute Gasteiger partial charge is 0.269 e. The summed E-state index contributed by atoms with van der Waals surface area (Å²) in [5, 5.41) is 6.06. The number of aromatic nitrogens is 1. The fraction of sp³-hybridized carbons (Fsp3) is 0.